The van der Waals surface area contributed by atoms with Gasteiger partial charge in [0.05, 0.1) is 5.92 Å². The second-order valence-electron chi connectivity index (χ2n) is 4.99. The molecule has 0 aliphatic carbocycles. The van der Waals surface area contributed by atoms with E-state index in [-0.39, 0.29) is 5.92 Å². The number of likely N-dealkylation sites (tertiary alicyclic amines) is 1. The summed E-state index contributed by atoms with van der Waals surface area (Å²) in [5.74, 6) is 1.96. The van der Waals surface area contributed by atoms with Gasteiger partial charge in [-0.3, -0.25) is 4.79 Å². The van der Waals surface area contributed by atoms with E-state index in [0.717, 1.165) is 30.6 Å². The highest BCUT2D eigenvalue weighted by molar-refractivity contribution is 9.09. The number of fused-ring (bicyclic) bond motifs is 1. The maximum atomic E-state index is 12.6. The first-order valence-electron chi connectivity index (χ1n) is 6.36. The lowest BCUT2D eigenvalue weighted by Gasteiger charge is -2.20. The minimum atomic E-state index is 0.0836. The molecule has 1 amide bonds. The summed E-state index contributed by atoms with van der Waals surface area (Å²) in [7, 11) is 0. The predicted octanol–water partition coefficient (Wildman–Crippen LogP) is 3.12. The van der Waals surface area contributed by atoms with Crippen molar-refractivity contribution in [2.45, 2.75) is 17.2 Å². The van der Waals surface area contributed by atoms with E-state index in [1.54, 1.807) is 0 Å². The van der Waals surface area contributed by atoms with E-state index in [0.29, 0.717) is 11.8 Å². The van der Waals surface area contributed by atoms with Gasteiger partial charge < -0.3 is 4.90 Å². The van der Waals surface area contributed by atoms with Gasteiger partial charge in [0, 0.05) is 29.1 Å². The van der Waals surface area contributed by atoms with Crippen LogP contribution in [0.25, 0.3) is 0 Å². The Hall–Kier alpha value is -0.480. The van der Waals surface area contributed by atoms with Crippen LogP contribution in [0.1, 0.15) is 17.9 Å². The van der Waals surface area contributed by atoms with Gasteiger partial charge in [-0.1, -0.05) is 34.1 Å². The Morgan fingerprint density at radius 2 is 2.28 bits per heavy atom. The summed E-state index contributed by atoms with van der Waals surface area (Å²) >= 11 is 5.33. The summed E-state index contributed by atoms with van der Waals surface area (Å²) in [6, 6.07) is 8.32. The summed E-state index contributed by atoms with van der Waals surface area (Å²) < 4.78 is 0. The molecule has 1 aromatic carbocycles. The number of carbonyl (C=O) groups excluding carboxylic acids is 1. The first-order valence-corrected chi connectivity index (χ1v) is 8.47. The van der Waals surface area contributed by atoms with Crippen LogP contribution in [0.3, 0.4) is 0 Å². The third-order valence-electron chi connectivity index (χ3n) is 3.81. The van der Waals surface area contributed by atoms with Crippen molar-refractivity contribution in [3.05, 3.63) is 29.8 Å². The third-order valence-corrected chi connectivity index (χ3v) is 5.91. The smallest absolute Gasteiger partial charge is 0.231 e. The van der Waals surface area contributed by atoms with Crippen LogP contribution in [-0.2, 0) is 4.79 Å². The van der Waals surface area contributed by atoms with Gasteiger partial charge in [-0.05, 0) is 24.0 Å². The van der Waals surface area contributed by atoms with Gasteiger partial charge in [-0.15, -0.1) is 11.8 Å². The van der Waals surface area contributed by atoms with Crippen LogP contribution in [0.4, 0.5) is 0 Å². The molecule has 0 aromatic heterocycles. The fourth-order valence-corrected chi connectivity index (χ4v) is 4.49. The number of thioether (sulfide) groups is 1. The largest absolute Gasteiger partial charge is 0.342 e. The number of alkyl halides is 1. The minimum Gasteiger partial charge on any atom is -0.342 e. The molecular formula is C14H16BrNOS. The topological polar surface area (TPSA) is 20.3 Å². The zero-order chi connectivity index (χ0) is 12.5. The average molecular weight is 326 g/mol. The number of hydrogen-bond acceptors (Lipinski definition) is 2. The lowest BCUT2D eigenvalue weighted by Crippen LogP contribution is -2.33. The van der Waals surface area contributed by atoms with Gasteiger partial charge in [-0.25, -0.2) is 0 Å². The maximum Gasteiger partial charge on any atom is 0.231 e. The van der Waals surface area contributed by atoms with Crippen molar-refractivity contribution in [1.82, 2.24) is 4.90 Å². The number of benzene rings is 1. The summed E-state index contributed by atoms with van der Waals surface area (Å²) in [6.07, 6.45) is 1.14. The Morgan fingerprint density at radius 3 is 3.06 bits per heavy atom. The quantitative estimate of drug-likeness (QED) is 0.779. The van der Waals surface area contributed by atoms with Gasteiger partial charge in [0.25, 0.3) is 0 Å². The molecule has 0 bridgehead atoms. The zero-order valence-electron chi connectivity index (χ0n) is 10.1. The Morgan fingerprint density at radius 1 is 1.44 bits per heavy atom. The first kappa shape index (κ1) is 12.5. The molecule has 2 atom stereocenters. The molecule has 3 rings (SSSR count). The van der Waals surface area contributed by atoms with Gasteiger partial charge in [0.15, 0.2) is 0 Å². The molecule has 18 heavy (non-hydrogen) atoms. The van der Waals surface area contributed by atoms with Crippen LogP contribution < -0.4 is 0 Å². The van der Waals surface area contributed by atoms with Gasteiger partial charge in [0.1, 0.15) is 0 Å². The van der Waals surface area contributed by atoms with Gasteiger partial charge >= 0.3 is 0 Å². The van der Waals surface area contributed by atoms with Crippen LogP contribution in [0.15, 0.2) is 29.2 Å². The molecule has 0 spiro atoms. The number of halogens is 1. The van der Waals surface area contributed by atoms with Crippen LogP contribution in [0.2, 0.25) is 0 Å². The van der Waals surface area contributed by atoms with Crippen molar-refractivity contribution in [3.63, 3.8) is 0 Å². The number of amides is 1. The van der Waals surface area contributed by atoms with E-state index >= 15 is 0 Å². The SMILES string of the molecule is O=C(C1CSc2ccccc21)N1CCC(CBr)C1. The first-order chi connectivity index (χ1) is 8.79. The Kier molecular flexibility index (Phi) is 3.66. The highest BCUT2D eigenvalue weighted by Gasteiger charge is 2.35. The van der Waals surface area contributed by atoms with E-state index in [1.165, 1.54) is 10.5 Å². The van der Waals surface area contributed by atoms with Gasteiger partial charge in [0.2, 0.25) is 5.91 Å². The fraction of sp³-hybridized carbons (Fsp3) is 0.500. The molecule has 4 heteroatoms. The number of hydrogen-bond donors (Lipinski definition) is 0. The molecule has 0 radical (unpaired) electrons. The maximum absolute atomic E-state index is 12.6. The lowest BCUT2D eigenvalue weighted by atomic mass is 10.00. The van der Waals surface area contributed by atoms with Crippen LogP contribution in [0, 0.1) is 5.92 Å². The number of carbonyl (C=O) groups is 1. The summed E-state index contributed by atoms with van der Waals surface area (Å²) in [4.78, 5) is 15.9. The number of nitrogens with zero attached hydrogens (tertiary/aromatic N) is 1. The molecule has 2 nitrogen and oxygen atoms in total. The second kappa shape index (κ2) is 5.25. The molecule has 1 saturated heterocycles. The second-order valence-corrected chi connectivity index (χ2v) is 6.70. The molecule has 1 aromatic rings. The fourth-order valence-electron chi connectivity index (χ4n) is 2.75. The minimum absolute atomic E-state index is 0.0836. The van der Waals surface area contributed by atoms with Crippen LogP contribution >= 0.6 is 27.7 Å². The summed E-state index contributed by atoms with van der Waals surface area (Å²) in [5, 5.41) is 1.01. The summed E-state index contributed by atoms with van der Waals surface area (Å²) in [5.41, 5.74) is 1.23. The molecule has 2 aliphatic rings. The molecular weight excluding hydrogens is 310 g/mol. The standard InChI is InChI=1S/C14H16BrNOS/c15-7-10-5-6-16(8-10)14(17)12-9-18-13-4-2-1-3-11(12)13/h1-4,10,12H,5-9H2. The van der Waals surface area contributed by atoms with Crippen molar-refractivity contribution in [2.24, 2.45) is 5.92 Å². The highest BCUT2D eigenvalue weighted by atomic mass is 79.9. The van der Waals surface area contributed by atoms with E-state index in [2.05, 4.69) is 39.0 Å². The molecule has 0 saturated carbocycles. The molecule has 0 N–H and O–H groups in total. The van der Waals surface area contributed by atoms with E-state index < -0.39 is 0 Å². The Balaban J connectivity index is 1.75. The average Bonchev–Trinajstić information content (AvgIpc) is 3.04. The lowest BCUT2D eigenvalue weighted by molar-refractivity contribution is -0.131. The van der Waals surface area contributed by atoms with E-state index in [9.17, 15) is 4.79 Å². The van der Waals surface area contributed by atoms with Crippen molar-refractivity contribution in [3.8, 4) is 0 Å². The van der Waals surface area contributed by atoms with Crippen LogP contribution in [0.5, 0.6) is 0 Å². The molecule has 96 valence electrons. The zero-order valence-corrected chi connectivity index (χ0v) is 12.5. The molecule has 2 heterocycles. The normalized spacial score (nSPS) is 26.4. The van der Waals surface area contributed by atoms with Crippen molar-refractivity contribution >= 4 is 33.6 Å². The van der Waals surface area contributed by atoms with Crippen molar-refractivity contribution in [1.29, 1.82) is 0 Å². The van der Waals surface area contributed by atoms with Crippen molar-refractivity contribution < 1.29 is 4.79 Å². The third kappa shape index (κ3) is 2.21. The predicted molar refractivity (Wildman–Crippen MR) is 78.4 cm³/mol. The van der Waals surface area contributed by atoms with E-state index in [4.69, 9.17) is 0 Å². The van der Waals surface area contributed by atoms with Crippen LogP contribution in [-0.4, -0.2) is 35.0 Å². The van der Waals surface area contributed by atoms with Crippen molar-refractivity contribution in [2.75, 3.05) is 24.2 Å². The molecule has 2 unspecified atom stereocenters. The molecule has 2 aliphatic heterocycles. The van der Waals surface area contributed by atoms with E-state index in [1.807, 2.05) is 17.8 Å². The summed E-state index contributed by atoms with van der Waals surface area (Å²) in [6.45, 7) is 1.85. The molecule has 1 fully saturated rings. The monoisotopic (exact) mass is 325 g/mol. The van der Waals surface area contributed by atoms with Gasteiger partial charge in [-0.2, -0.15) is 0 Å². The Labute approximate surface area is 120 Å². The highest BCUT2D eigenvalue weighted by Crippen LogP contribution is 2.40. The Bertz CT molecular complexity index is 465. The number of rotatable bonds is 2.